The Morgan fingerprint density at radius 2 is 2.19 bits per heavy atom. The number of carboxylic acids is 1. The third kappa shape index (κ3) is 2.54. The van der Waals surface area contributed by atoms with Gasteiger partial charge in [0.05, 0.1) is 5.02 Å². The van der Waals surface area contributed by atoms with Gasteiger partial charge in [-0.1, -0.05) is 18.5 Å². The highest BCUT2D eigenvalue weighted by Crippen LogP contribution is 2.39. The molecule has 1 N–H and O–H groups in total. The van der Waals surface area contributed by atoms with E-state index in [4.69, 9.17) is 11.6 Å². The minimum Gasteiger partial charge on any atom is -0.480 e. The molecule has 1 aliphatic rings. The number of hydrogen-bond donors (Lipinski definition) is 1. The van der Waals surface area contributed by atoms with Crippen LogP contribution in [0.2, 0.25) is 5.02 Å². The molecule has 21 heavy (non-hydrogen) atoms. The zero-order chi connectivity index (χ0) is 15.8. The van der Waals surface area contributed by atoms with Gasteiger partial charge in [0.15, 0.2) is 0 Å². The molecule has 1 atom stereocenters. The van der Waals surface area contributed by atoms with Crippen molar-refractivity contribution in [1.29, 1.82) is 0 Å². The summed E-state index contributed by atoms with van der Waals surface area (Å²) in [6, 6.07) is 3.02. The molecule has 0 spiro atoms. The van der Waals surface area contributed by atoms with E-state index in [1.165, 1.54) is 0 Å². The molecule has 0 amide bonds. The Kier molecular flexibility index (Phi) is 4.28. The predicted molar refractivity (Wildman–Crippen MR) is 75.2 cm³/mol. The van der Waals surface area contributed by atoms with Crippen molar-refractivity contribution in [2.75, 3.05) is 6.54 Å². The van der Waals surface area contributed by atoms with E-state index in [1.807, 2.05) is 0 Å². The van der Waals surface area contributed by atoms with Crippen LogP contribution in [0.25, 0.3) is 0 Å². The number of carbonyl (C=O) groups is 1. The summed E-state index contributed by atoms with van der Waals surface area (Å²) in [5.41, 5.74) is -1.49. The highest BCUT2D eigenvalue weighted by molar-refractivity contribution is 7.89. The van der Waals surface area contributed by atoms with Crippen LogP contribution in [0.5, 0.6) is 0 Å². The number of hydrogen-bond acceptors (Lipinski definition) is 3. The zero-order valence-corrected chi connectivity index (χ0v) is 12.9. The highest BCUT2D eigenvalue weighted by atomic mass is 35.5. The maximum Gasteiger partial charge on any atom is 0.325 e. The topological polar surface area (TPSA) is 74.7 Å². The third-order valence-electron chi connectivity index (χ3n) is 3.87. The van der Waals surface area contributed by atoms with E-state index >= 15 is 0 Å². The summed E-state index contributed by atoms with van der Waals surface area (Å²) in [6.45, 7) is 1.70. The molecule has 116 valence electrons. The van der Waals surface area contributed by atoms with Crippen molar-refractivity contribution >= 4 is 27.6 Å². The van der Waals surface area contributed by atoms with Gasteiger partial charge in [0.2, 0.25) is 10.0 Å². The molecule has 1 heterocycles. The fourth-order valence-electron chi connectivity index (χ4n) is 2.72. The Balaban J connectivity index is 2.58. The van der Waals surface area contributed by atoms with Crippen molar-refractivity contribution in [2.45, 2.75) is 36.6 Å². The lowest BCUT2D eigenvalue weighted by Crippen LogP contribution is -2.52. The first kappa shape index (κ1) is 16.2. The molecule has 1 saturated heterocycles. The number of benzene rings is 1. The van der Waals surface area contributed by atoms with Crippen molar-refractivity contribution in [3.63, 3.8) is 0 Å². The van der Waals surface area contributed by atoms with Gasteiger partial charge in [0, 0.05) is 6.54 Å². The number of rotatable bonds is 4. The first-order valence-corrected chi connectivity index (χ1v) is 8.29. The zero-order valence-electron chi connectivity index (χ0n) is 11.3. The second kappa shape index (κ2) is 5.55. The fraction of sp³-hybridized carbons (Fsp3) is 0.462. The highest BCUT2D eigenvalue weighted by Gasteiger charge is 2.52. The van der Waals surface area contributed by atoms with Crippen molar-refractivity contribution in [3.8, 4) is 0 Å². The summed E-state index contributed by atoms with van der Waals surface area (Å²) in [5.74, 6) is -1.94. The van der Waals surface area contributed by atoms with E-state index < -0.39 is 32.2 Å². The van der Waals surface area contributed by atoms with E-state index in [0.717, 1.165) is 22.5 Å². The fourth-order valence-corrected chi connectivity index (χ4v) is 5.07. The molecule has 1 unspecified atom stereocenters. The van der Waals surface area contributed by atoms with Crippen molar-refractivity contribution < 1.29 is 22.7 Å². The van der Waals surface area contributed by atoms with Crippen LogP contribution in [-0.4, -0.2) is 35.9 Å². The first-order chi connectivity index (χ1) is 9.75. The Bertz CT molecular complexity index is 679. The second-order valence-corrected chi connectivity index (χ2v) is 7.18. The number of carboxylic acid groups (broad SMARTS) is 1. The molecule has 0 saturated carbocycles. The van der Waals surface area contributed by atoms with Crippen LogP contribution in [0.3, 0.4) is 0 Å². The van der Waals surface area contributed by atoms with Gasteiger partial charge in [-0.15, -0.1) is 0 Å². The summed E-state index contributed by atoms with van der Waals surface area (Å²) in [5, 5.41) is 9.33. The van der Waals surface area contributed by atoms with E-state index in [2.05, 4.69) is 0 Å². The normalized spacial score (nSPS) is 23.4. The molecule has 0 radical (unpaired) electrons. The number of halogens is 2. The van der Waals surface area contributed by atoms with Gasteiger partial charge in [-0.05, 0) is 37.5 Å². The molecule has 1 aromatic carbocycles. The molecule has 5 nitrogen and oxygen atoms in total. The summed E-state index contributed by atoms with van der Waals surface area (Å²) in [7, 11) is -4.18. The van der Waals surface area contributed by atoms with E-state index in [-0.39, 0.29) is 24.4 Å². The van der Waals surface area contributed by atoms with Crippen LogP contribution < -0.4 is 0 Å². The monoisotopic (exact) mass is 335 g/mol. The molecular weight excluding hydrogens is 321 g/mol. The van der Waals surface area contributed by atoms with Gasteiger partial charge in [-0.3, -0.25) is 4.79 Å². The van der Waals surface area contributed by atoms with Crippen LogP contribution in [-0.2, 0) is 14.8 Å². The number of aliphatic carboxylic acids is 1. The molecule has 0 bridgehead atoms. The van der Waals surface area contributed by atoms with Gasteiger partial charge in [-0.2, -0.15) is 4.31 Å². The summed E-state index contributed by atoms with van der Waals surface area (Å²) < 4.78 is 39.7. The first-order valence-electron chi connectivity index (χ1n) is 6.47. The Morgan fingerprint density at radius 1 is 1.52 bits per heavy atom. The lowest BCUT2D eigenvalue weighted by Gasteiger charge is -2.33. The summed E-state index contributed by atoms with van der Waals surface area (Å²) in [6.07, 6.45) is 0.797. The van der Waals surface area contributed by atoms with Crippen molar-refractivity contribution in [1.82, 2.24) is 4.31 Å². The van der Waals surface area contributed by atoms with Gasteiger partial charge < -0.3 is 5.11 Å². The minimum atomic E-state index is -4.18. The van der Waals surface area contributed by atoms with Crippen LogP contribution in [0.4, 0.5) is 4.39 Å². The van der Waals surface area contributed by atoms with Gasteiger partial charge in [0.1, 0.15) is 16.3 Å². The number of sulfonamides is 1. The summed E-state index contributed by atoms with van der Waals surface area (Å²) >= 11 is 5.86. The Morgan fingerprint density at radius 3 is 2.76 bits per heavy atom. The molecule has 0 aromatic heterocycles. The van der Waals surface area contributed by atoms with Gasteiger partial charge in [0.25, 0.3) is 0 Å². The van der Waals surface area contributed by atoms with Crippen LogP contribution in [0, 0.1) is 5.82 Å². The van der Waals surface area contributed by atoms with E-state index in [1.54, 1.807) is 6.92 Å². The van der Waals surface area contributed by atoms with Gasteiger partial charge >= 0.3 is 5.97 Å². The SMILES string of the molecule is CCC1(C(=O)O)CCCN1S(=O)(=O)c1cc(F)ccc1Cl. The van der Waals surface area contributed by atoms with Crippen LogP contribution in [0.1, 0.15) is 26.2 Å². The molecule has 1 aliphatic heterocycles. The van der Waals surface area contributed by atoms with E-state index in [9.17, 15) is 22.7 Å². The van der Waals surface area contributed by atoms with Crippen molar-refractivity contribution in [3.05, 3.63) is 29.0 Å². The van der Waals surface area contributed by atoms with Gasteiger partial charge in [-0.25, -0.2) is 12.8 Å². The maximum atomic E-state index is 13.3. The Hall–Kier alpha value is -1.18. The average Bonchev–Trinajstić information content (AvgIpc) is 2.87. The lowest BCUT2D eigenvalue weighted by molar-refractivity contribution is -0.147. The molecular formula is C13H15ClFNO4S. The minimum absolute atomic E-state index is 0.0787. The second-order valence-electron chi connectivity index (χ2n) is 4.95. The van der Waals surface area contributed by atoms with Crippen LogP contribution in [0.15, 0.2) is 23.1 Å². The molecule has 8 heteroatoms. The smallest absolute Gasteiger partial charge is 0.325 e. The standard InChI is InChI=1S/C13H15ClFNO4S/c1-2-13(12(17)18)6-3-7-16(13)21(19,20)11-8-9(15)4-5-10(11)14/h4-5,8H,2-3,6-7H2,1H3,(H,17,18). The number of nitrogens with zero attached hydrogens (tertiary/aromatic N) is 1. The Labute approximate surface area is 127 Å². The molecule has 2 rings (SSSR count). The largest absolute Gasteiger partial charge is 0.480 e. The predicted octanol–water partition coefficient (Wildman–Crippen LogP) is 2.50. The van der Waals surface area contributed by atoms with Crippen LogP contribution >= 0.6 is 11.6 Å². The third-order valence-corrected chi connectivity index (χ3v) is 6.32. The molecule has 1 aromatic rings. The molecule has 0 aliphatic carbocycles. The van der Waals surface area contributed by atoms with Crippen molar-refractivity contribution in [2.24, 2.45) is 0 Å². The lowest BCUT2D eigenvalue weighted by atomic mass is 9.95. The average molecular weight is 336 g/mol. The van der Waals surface area contributed by atoms with E-state index in [0.29, 0.717) is 6.42 Å². The quantitative estimate of drug-likeness (QED) is 0.917. The summed E-state index contributed by atoms with van der Waals surface area (Å²) in [4.78, 5) is 11.2. The molecule has 1 fully saturated rings. The maximum absolute atomic E-state index is 13.3.